The highest BCUT2D eigenvalue weighted by atomic mass is 16.6. The third kappa shape index (κ3) is 3.90. The summed E-state index contributed by atoms with van der Waals surface area (Å²) in [5.41, 5.74) is 2.55. The molecule has 1 aromatic heterocycles. The number of carbonyl (C=O) groups is 2. The van der Waals surface area contributed by atoms with Crippen molar-refractivity contribution in [2.24, 2.45) is 5.92 Å². The molecule has 4 aromatic rings. The van der Waals surface area contributed by atoms with Gasteiger partial charge in [-0.2, -0.15) is 0 Å². The van der Waals surface area contributed by atoms with Crippen LogP contribution in [0.4, 0.5) is 11.6 Å². The second kappa shape index (κ2) is 9.02. The number of hydrogen-bond acceptors (Lipinski definition) is 6. The predicted molar refractivity (Wildman–Crippen MR) is 129 cm³/mol. The Kier molecular flexibility index (Phi) is 5.74. The number of hydrogen-bond donors (Lipinski definition) is 0. The second-order valence-electron chi connectivity index (χ2n) is 8.21. The Morgan fingerprint density at radius 2 is 1.80 bits per heavy atom. The molecule has 0 saturated heterocycles. The van der Waals surface area contributed by atoms with Crippen LogP contribution in [0.1, 0.15) is 24.1 Å². The van der Waals surface area contributed by atoms with Crippen LogP contribution in [0.5, 0.6) is 0 Å². The maximum absolute atomic E-state index is 13.9. The van der Waals surface area contributed by atoms with Crippen LogP contribution >= 0.6 is 0 Å². The van der Waals surface area contributed by atoms with Crippen LogP contribution in [-0.2, 0) is 20.9 Å². The van der Waals surface area contributed by atoms with E-state index < -0.39 is 28.8 Å². The van der Waals surface area contributed by atoms with Crippen LogP contribution in [0.2, 0.25) is 0 Å². The number of benzene rings is 3. The van der Waals surface area contributed by atoms with Gasteiger partial charge in [0.1, 0.15) is 0 Å². The molecule has 1 amide bonds. The number of nitrogens with zero attached hydrogens (tertiary/aromatic N) is 4. The number of carbonyl (C=O) groups excluding carboxylic acids is 2. The number of esters is 1. The van der Waals surface area contributed by atoms with Gasteiger partial charge in [-0.3, -0.25) is 24.6 Å². The van der Waals surface area contributed by atoms with E-state index in [9.17, 15) is 19.7 Å². The maximum atomic E-state index is 13.9. The molecule has 9 nitrogen and oxygen atoms in total. The van der Waals surface area contributed by atoms with Crippen molar-refractivity contribution < 1.29 is 19.2 Å². The fraction of sp³-hybridized carbons (Fsp3) is 0.192. The number of nitro groups is 1. The quantitative estimate of drug-likeness (QED) is 0.180. The Balaban J connectivity index is 1.76. The zero-order valence-corrected chi connectivity index (χ0v) is 18.9. The van der Waals surface area contributed by atoms with Gasteiger partial charge in [-0.05, 0) is 30.2 Å². The van der Waals surface area contributed by atoms with Crippen LogP contribution in [0, 0.1) is 16.0 Å². The molecule has 0 fully saturated rings. The fourth-order valence-corrected chi connectivity index (χ4v) is 4.59. The smallest absolute Gasteiger partial charge is 0.321 e. The van der Waals surface area contributed by atoms with Gasteiger partial charge in [0, 0.05) is 12.1 Å². The van der Waals surface area contributed by atoms with E-state index in [0.29, 0.717) is 22.5 Å². The van der Waals surface area contributed by atoms with E-state index in [1.54, 1.807) is 19.1 Å². The lowest BCUT2D eigenvalue weighted by Crippen LogP contribution is -2.49. The minimum absolute atomic E-state index is 0.0977. The number of anilines is 1. The third-order valence-electron chi connectivity index (χ3n) is 6.09. The Bertz CT molecular complexity index is 1430. The summed E-state index contributed by atoms with van der Waals surface area (Å²) in [6.07, 6.45) is 0. The van der Waals surface area contributed by atoms with Gasteiger partial charge >= 0.3 is 5.97 Å². The van der Waals surface area contributed by atoms with E-state index >= 15 is 0 Å². The summed E-state index contributed by atoms with van der Waals surface area (Å²) in [4.78, 5) is 44.4. The molecule has 0 unspecified atom stereocenters. The van der Waals surface area contributed by atoms with E-state index in [1.807, 2.05) is 59.2 Å². The summed E-state index contributed by atoms with van der Waals surface area (Å²) in [6.45, 7) is 1.98. The lowest BCUT2D eigenvalue weighted by molar-refractivity contribution is -0.384. The summed E-state index contributed by atoms with van der Waals surface area (Å²) in [7, 11) is 0. The van der Waals surface area contributed by atoms with Crippen LogP contribution in [0.3, 0.4) is 0 Å². The number of rotatable bonds is 6. The summed E-state index contributed by atoms with van der Waals surface area (Å²) in [5, 5.41) is 11.5. The predicted octanol–water partition coefficient (Wildman–Crippen LogP) is 4.26. The van der Waals surface area contributed by atoms with Gasteiger partial charge in [-0.15, -0.1) is 0 Å². The number of non-ortho nitro benzene ring substituents is 1. The summed E-state index contributed by atoms with van der Waals surface area (Å²) in [5.74, 6) is -2.02. The first-order valence-electron chi connectivity index (χ1n) is 11.2. The van der Waals surface area contributed by atoms with Gasteiger partial charge in [0.25, 0.3) is 5.69 Å². The Morgan fingerprint density at radius 3 is 2.54 bits per heavy atom. The van der Waals surface area contributed by atoms with Crippen molar-refractivity contribution in [3.8, 4) is 0 Å². The van der Waals surface area contributed by atoms with Crippen molar-refractivity contribution in [2.45, 2.75) is 19.5 Å². The first kappa shape index (κ1) is 22.3. The van der Waals surface area contributed by atoms with Gasteiger partial charge in [0.15, 0.2) is 5.92 Å². The van der Waals surface area contributed by atoms with E-state index in [-0.39, 0.29) is 18.8 Å². The van der Waals surface area contributed by atoms with E-state index in [4.69, 9.17) is 9.72 Å². The molecule has 0 saturated carbocycles. The van der Waals surface area contributed by atoms with Crippen LogP contribution in [0.15, 0.2) is 78.9 Å². The van der Waals surface area contributed by atoms with Crippen molar-refractivity contribution in [3.63, 3.8) is 0 Å². The molecule has 176 valence electrons. The average Bonchev–Trinajstić information content (AvgIpc) is 3.25. The number of aromatic nitrogens is 2. The van der Waals surface area contributed by atoms with Gasteiger partial charge in [0.2, 0.25) is 11.9 Å². The SMILES string of the molecule is CCOC(=O)[C@@H]1C(=O)N(Cc2ccccc2)c2nc3ccccc3n2[C@@H]1c1cccc([N+](=O)[O-])c1. The van der Waals surface area contributed by atoms with E-state index in [2.05, 4.69) is 0 Å². The van der Waals surface area contributed by atoms with Crippen molar-refractivity contribution in [3.05, 3.63) is 100 Å². The molecule has 0 spiro atoms. The highest BCUT2D eigenvalue weighted by Gasteiger charge is 2.48. The minimum atomic E-state index is -1.24. The van der Waals surface area contributed by atoms with Gasteiger partial charge in [-0.1, -0.05) is 54.6 Å². The Morgan fingerprint density at radius 1 is 1.06 bits per heavy atom. The lowest BCUT2D eigenvalue weighted by Gasteiger charge is -2.37. The number of fused-ring (bicyclic) bond motifs is 3. The van der Waals surface area contributed by atoms with Crippen molar-refractivity contribution in [2.75, 3.05) is 11.5 Å². The third-order valence-corrected chi connectivity index (χ3v) is 6.09. The zero-order valence-electron chi connectivity index (χ0n) is 18.9. The maximum Gasteiger partial charge on any atom is 0.321 e. The molecular weight excluding hydrogens is 448 g/mol. The summed E-state index contributed by atoms with van der Waals surface area (Å²) in [6, 6.07) is 21.9. The highest BCUT2D eigenvalue weighted by Crippen LogP contribution is 2.42. The molecule has 2 atom stereocenters. The van der Waals surface area contributed by atoms with Crippen molar-refractivity contribution >= 4 is 34.5 Å². The topological polar surface area (TPSA) is 108 Å². The zero-order chi connectivity index (χ0) is 24.5. The van der Waals surface area contributed by atoms with Crippen LogP contribution < -0.4 is 4.90 Å². The monoisotopic (exact) mass is 470 g/mol. The van der Waals surface area contributed by atoms with Gasteiger partial charge < -0.3 is 9.30 Å². The summed E-state index contributed by atoms with van der Waals surface area (Å²) >= 11 is 0. The molecule has 1 aliphatic heterocycles. The molecule has 0 aliphatic carbocycles. The molecule has 0 radical (unpaired) electrons. The summed E-state index contributed by atoms with van der Waals surface area (Å²) < 4.78 is 7.15. The number of nitro benzene ring substituents is 1. The minimum Gasteiger partial charge on any atom is -0.465 e. The number of para-hydroxylation sites is 2. The Labute approximate surface area is 200 Å². The first-order chi connectivity index (χ1) is 17.0. The van der Waals surface area contributed by atoms with E-state index in [0.717, 1.165) is 5.56 Å². The molecule has 35 heavy (non-hydrogen) atoms. The lowest BCUT2D eigenvalue weighted by atomic mass is 9.89. The highest BCUT2D eigenvalue weighted by molar-refractivity contribution is 6.08. The molecule has 1 aliphatic rings. The van der Waals surface area contributed by atoms with Crippen LogP contribution in [-0.4, -0.2) is 33.0 Å². The second-order valence-corrected chi connectivity index (χ2v) is 8.21. The van der Waals surface area contributed by atoms with Gasteiger partial charge in [-0.25, -0.2) is 4.98 Å². The molecule has 2 heterocycles. The van der Waals surface area contributed by atoms with Gasteiger partial charge in [0.05, 0.1) is 35.2 Å². The number of imidazole rings is 1. The largest absolute Gasteiger partial charge is 0.465 e. The standard InChI is InChI=1S/C26H22N4O5/c1-2-35-25(32)22-23(18-11-8-12-19(15-18)30(33)34)29-21-14-7-6-13-20(21)27-26(29)28(24(22)31)16-17-9-4-3-5-10-17/h3-15,22-23H,2,16H2,1H3/t22-,23+/m0/s1. The molecule has 9 heteroatoms. The Hall–Kier alpha value is -4.53. The first-order valence-corrected chi connectivity index (χ1v) is 11.2. The van der Waals surface area contributed by atoms with Crippen LogP contribution in [0.25, 0.3) is 11.0 Å². The van der Waals surface area contributed by atoms with Crippen molar-refractivity contribution in [1.82, 2.24) is 9.55 Å². The number of amides is 1. The molecular formula is C26H22N4O5. The molecule has 5 rings (SSSR count). The van der Waals surface area contributed by atoms with Crippen molar-refractivity contribution in [1.29, 1.82) is 0 Å². The fourth-order valence-electron chi connectivity index (χ4n) is 4.59. The number of ether oxygens (including phenoxy) is 1. The normalized spacial score (nSPS) is 17.3. The average molecular weight is 470 g/mol. The molecule has 0 N–H and O–H groups in total. The molecule has 3 aromatic carbocycles. The van der Waals surface area contributed by atoms with E-state index in [1.165, 1.54) is 17.0 Å². The molecule has 0 bridgehead atoms.